The second-order valence-electron chi connectivity index (χ2n) is 4.29. The Kier molecular flexibility index (Phi) is 3.25. The van der Waals surface area contributed by atoms with Crippen LogP contribution in [0, 0.1) is 6.92 Å². The van der Waals surface area contributed by atoms with Crippen molar-refractivity contribution < 1.29 is 14.6 Å². The number of aromatic amines is 1. The van der Waals surface area contributed by atoms with Crippen LogP contribution in [0.15, 0.2) is 18.3 Å². The highest BCUT2D eigenvalue weighted by atomic mass is 16.5. The summed E-state index contributed by atoms with van der Waals surface area (Å²) in [6.45, 7) is 1.97. The largest absolute Gasteiger partial charge is 0.496 e. The van der Waals surface area contributed by atoms with E-state index in [4.69, 9.17) is 15.6 Å². The fourth-order valence-electron chi connectivity index (χ4n) is 2.18. The van der Waals surface area contributed by atoms with Crippen LogP contribution >= 0.6 is 0 Å². The fraction of sp³-hybridized carbons (Fsp3) is 0.308. The third-order valence-corrected chi connectivity index (χ3v) is 3.02. The molecule has 0 amide bonds. The molecule has 1 aromatic carbocycles. The highest BCUT2D eigenvalue weighted by Gasteiger charge is 2.18. The molecule has 1 aromatic heterocycles. The topological polar surface area (TPSA) is 88.3 Å². The summed E-state index contributed by atoms with van der Waals surface area (Å²) in [6, 6.07) is 3.13. The van der Waals surface area contributed by atoms with Crippen LogP contribution in [0.2, 0.25) is 0 Å². The predicted molar refractivity (Wildman–Crippen MR) is 68.8 cm³/mol. The number of carboxylic acids is 1. The molecule has 18 heavy (non-hydrogen) atoms. The lowest BCUT2D eigenvalue weighted by Crippen LogP contribution is -2.16. The molecular weight excluding hydrogens is 232 g/mol. The first-order valence-electron chi connectivity index (χ1n) is 5.66. The number of hydrogen-bond donors (Lipinski definition) is 3. The number of nitrogens with two attached hydrogens (primary N) is 1. The van der Waals surface area contributed by atoms with E-state index in [-0.39, 0.29) is 6.42 Å². The lowest BCUT2D eigenvalue weighted by molar-refractivity contribution is -0.137. The summed E-state index contributed by atoms with van der Waals surface area (Å²) in [6.07, 6.45) is 1.77. The number of aliphatic carboxylic acids is 1. The van der Waals surface area contributed by atoms with E-state index in [9.17, 15) is 4.79 Å². The maximum atomic E-state index is 10.7. The molecule has 0 spiro atoms. The number of benzene rings is 1. The Balaban J connectivity index is 2.56. The second-order valence-corrected chi connectivity index (χ2v) is 4.29. The molecule has 2 rings (SSSR count). The van der Waals surface area contributed by atoms with Crippen LogP contribution in [-0.2, 0) is 4.79 Å². The van der Waals surface area contributed by atoms with Crippen molar-refractivity contribution in [1.29, 1.82) is 0 Å². The molecule has 0 aliphatic heterocycles. The molecule has 5 nitrogen and oxygen atoms in total. The molecule has 0 saturated heterocycles. The summed E-state index contributed by atoms with van der Waals surface area (Å²) in [5.74, 6) is -0.268. The maximum Gasteiger partial charge on any atom is 0.305 e. The number of aryl methyl sites for hydroxylation is 1. The number of ether oxygens (including phenoxy) is 1. The number of carboxylic acid groups (broad SMARTS) is 1. The van der Waals surface area contributed by atoms with Gasteiger partial charge in [-0.25, -0.2) is 0 Å². The molecule has 0 bridgehead atoms. The lowest BCUT2D eigenvalue weighted by atomic mass is 10.00. The van der Waals surface area contributed by atoms with E-state index < -0.39 is 12.0 Å². The van der Waals surface area contributed by atoms with Gasteiger partial charge in [-0.3, -0.25) is 4.79 Å². The third kappa shape index (κ3) is 2.04. The van der Waals surface area contributed by atoms with Crippen molar-refractivity contribution in [3.8, 4) is 5.75 Å². The lowest BCUT2D eigenvalue weighted by Gasteiger charge is -2.15. The number of carbonyl (C=O) groups is 1. The van der Waals surface area contributed by atoms with Gasteiger partial charge in [0.05, 0.1) is 13.5 Å². The van der Waals surface area contributed by atoms with Gasteiger partial charge < -0.3 is 20.6 Å². The molecule has 5 heteroatoms. The molecule has 0 fully saturated rings. The van der Waals surface area contributed by atoms with Crippen LogP contribution in [0.3, 0.4) is 0 Å². The van der Waals surface area contributed by atoms with Gasteiger partial charge in [0.2, 0.25) is 0 Å². The minimum atomic E-state index is -0.921. The monoisotopic (exact) mass is 248 g/mol. The van der Waals surface area contributed by atoms with Gasteiger partial charge in [-0.2, -0.15) is 0 Å². The summed E-state index contributed by atoms with van der Waals surface area (Å²) in [5, 5.41) is 9.76. The van der Waals surface area contributed by atoms with Crippen molar-refractivity contribution >= 4 is 16.9 Å². The van der Waals surface area contributed by atoms with Crippen LogP contribution in [0.25, 0.3) is 10.9 Å². The maximum absolute atomic E-state index is 10.7. The van der Waals surface area contributed by atoms with Crippen molar-refractivity contribution in [2.24, 2.45) is 5.73 Å². The zero-order valence-electron chi connectivity index (χ0n) is 10.4. The van der Waals surface area contributed by atoms with Crippen molar-refractivity contribution in [2.45, 2.75) is 19.4 Å². The molecule has 0 saturated carbocycles. The molecule has 0 aliphatic rings. The molecule has 1 unspecified atom stereocenters. The molecule has 4 N–H and O–H groups in total. The average molecular weight is 248 g/mol. The zero-order valence-corrected chi connectivity index (χ0v) is 10.4. The molecule has 96 valence electrons. The van der Waals surface area contributed by atoms with Gasteiger partial charge in [-0.1, -0.05) is 6.07 Å². The Morgan fingerprint density at radius 1 is 1.56 bits per heavy atom. The van der Waals surface area contributed by atoms with Crippen LogP contribution in [-0.4, -0.2) is 23.2 Å². The van der Waals surface area contributed by atoms with Gasteiger partial charge in [-0.15, -0.1) is 0 Å². The highest BCUT2D eigenvalue weighted by molar-refractivity contribution is 5.90. The Labute approximate surface area is 105 Å². The Morgan fingerprint density at radius 2 is 2.28 bits per heavy atom. The third-order valence-electron chi connectivity index (χ3n) is 3.02. The van der Waals surface area contributed by atoms with Crippen LogP contribution < -0.4 is 10.5 Å². The van der Waals surface area contributed by atoms with Crippen LogP contribution in [0.4, 0.5) is 0 Å². The van der Waals surface area contributed by atoms with Gasteiger partial charge in [0.25, 0.3) is 0 Å². The van der Waals surface area contributed by atoms with E-state index in [1.54, 1.807) is 7.11 Å². The van der Waals surface area contributed by atoms with E-state index in [0.717, 1.165) is 22.0 Å². The highest BCUT2D eigenvalue weighted by Crippen LogP contribution is 2.35. The van der Waals surface area contributed by atoms with Crippen LogP contribution in [0.5, 0.6) is 5.75 Å². The van der Waals surface area contributed by atoms with Gasteiger partial charge in [0.15, 0.2) is 0 Å². The number of H-pyrrole nitrogens is 1. The van der Waals surface area contributed by atoms with Crippen molar-refractivity contribution in [3.63, 3.8) is 0 Å². The summed E-state index contributed by atoms with van der Waals surface area (Å²) in [7, 11) is 1.57. The zero-order chi connectivity index (χ0) is 13.3. The molecular formula is C13H16N2O3. The molecule has 0 radical (unpaired) electrons. The summed E-state index contributed by atoms with van der Waals surface area (Å²) in [4.78, 5) is 13.9. The first-order chi connectivity index (χ1) is 8.54. The number of methoxy groups -OCH3 is 1. The minimum Gasteiger partial charge on any atom is -0.496 e. The minimum absolute atomic E-state index is 0.120. The average Bonchev–Trinajstić information content (AvgIpc) is 2.69. The van der Waals surface area contributed by atoms with Crippen LogP contribution in [0.1, 0.15) is 23.6 Å². The smallest absolute Gasteiger partial charge is 0.305 e. The van der Waals surface area contributed by atoms with E-state index in [0.29, 0.717) is 5.75 Å². The first kappa shape index (κ1) is 12.4. The Hall–Kier alpha value is -2.01. The molecule has 0 aliphatic carbocycles. The molecule has 2 aromatic rings. The normalized spacial score (nSPS) is 12.6. The van der Waals surface area contributed by atoms with Gasteiger partial charge in [0, 0.05) is 28.7 Å². The van der Waals surface area contributed by atoms with E-state index in [1.165, 1.54) is 0 Å². The van der Waals surface area contributed by atoms with Gasteiger partial charge in [0.1, 0.15) is 5.75 Å². The van der Waals surface area contributed by atoms with E-state index in [1.807, 2.05) is 25.3 Å². The molecule has 1 atom stereocenters. The quantitative estimate of drug-likeness (QED) is 0.771. The number of aromatic nitrogens is 1. The Morgan fingerprint density at radius 3 is 2.89 bits per heavy atom. The number of fused-ring (bicyclic) bond motifs is 1. The summed E-state index contributed by atoms with van der Waals surface area (Å²) in [5.41, 5.74) is 8.63. The summed E-state index contributed by atoms with van der Waals surface area (Å²) < 4.78 is 5.41. The second kappa shape index (κ2) is 4.70. The Bertz CT molecular complexity index is 589. The molecule has 1 heterocycles. The van der Waals surface area contributed by atoms with Gasteiger partial charge in [-0.05, 0) is 18.6 Å². The van der Waals surface area contributed by atoms with Crippen molar-refractivity contribution in [3.05, 3.63) is 29.5 Å². The van der Waals surface area contributed by atoms with E-state index in [2.05, 4.69) is 4.98 Å². The standard InChI is InChI=1S/C13H16N2O3/c1-7-6-15-10-4-3-8(9(14)5-11(16)17)13(18-2)12(7)10/h3-4,6,9,15H,5,14H2,1-2H3,(H,16,17). The first-order valence-corrected chi connectivity index (χ1v) is 5.66. The number of nitrogens with one attached hydrogen (secondary N) is 1. The predicted octanol–water partition coefficient (Wildman–Crippen LogP) is 1.96. The number of hydrogen-bond acceptors (Lipinski definition) is 3. The fourth-order valence-corrected chi connectivity index (χ4v) is 2.18. The van der Waals surface area contributed by atoms with Gasteiger partial charge >= 0.3 is 5.97 Å². The summed E-state index contributed by atoms with van der Waals surface area (Å²) >= 11 is 0. The van der Waals surface area contributed by atoms with Crippen molar-refractivity contribution in [1.82, 2.24) is 4.98 Å². The number of rotatable bonds is 4. The SMILES string of the molecule is COc1c(C(N)CC(=O)O)ccc2[nH]cc(C)c12. The van der Waals surface area contributed by atoms with Crippen molar-refractivity contribution in [2.75, 3.05) is 7.11 Å². The van der Waals surface area contributed by atoms with E-state index >= 15 is 0 Å².